The predicted octanol–water partition coefficient (Wildman–Crippen LogP) is 7.50. The second-order valence-electron chi connectivity index (χ2n) is 7.84. The van der Waals surface area contributed by atoms with Crippen LogP contribution in [0.4, 0.5) is 0 Å². The van der Waals surface area contributed by atoms with Crippen molar-refractivity contribution in [1.82, 2.24) is 0 Å². The Morgan fingerprint density at radius 3 is 1.88 bits per heavy atom. The van der Waals surface area contributed by atoms with E-state index in [1.165, 1.54) is 0 Å². The average molecular weight is 467 g/mol. The first kappa shape index (κ1) is 20.1. The summed E-state index contributed by atoms with van der Waals surface area (Å²) in [5.41, 5.74) is 0. The third kappa shape index (κ3) is 3.59. The summed E-state index contributed by atoms with van der Waals surface area (Å²) < 4.78 is 32.1. The highest BCUT2D eigenvalue weighted by molar-refractivity contribution is 7.99. The van der Waals surface area contributed by atoms with E-state index in [1.54, 1.807) is 30.0 Å². The van der Waals surface area contributed by atoms with Crippen LogP contribution >= 0.6 is 11.8 Å². The Labute approximate surface area is 196 Å². The lowest BCUT2D eigenvalue weighted by Crippen LogP contribution is -2.10. The Bertz CT molecular complexity index is 1690. The molecular weight excluding hydrogens is 448 g/mol. The van der Waals surface area contributed by atoms with Crippen molar-refractivity contribution >= 4 is 54.2 Å². The van der Waals surface area contributed by atoms with Gasteiger partial charge in [-0.2, -0.15) is 8.42 Å². The molecule has 0 unspecified atom stereocenters. The Hall–Kier alpha value is -3.54. The number of benzene rings is 6. The van der Waals surface area contributed by atoms with E-state index in [4.69, 9.17) is 4.18 Å². The van der Waals surface area contributed by atoms with Crippen LogP contribution in [0.3, 0.4) is 0 Å². The molecule has 6 rings (SSSR count). The van der Waals surface area contributed by atoms with Gasteiger partial charge in [0.1, 0.15) is 10.6 Å². The van der Waals surface area contributed by atoms with Gasteiger partial charge in [-0.25, -0.2) is 0 Å². The van der Waals surface area contributed by atoms with E-state index < -0.39 is 10.1 Å². The maximum absolute atomic E-state index is 13.3. The van der Waals surface area contributed by atoms with Crippen molar-refractivity contribution in [3.63, 3.8) is 0 Å². The van der Waals surface area contributed by atoms with Crippen LogP contribution < -0.4 is 4.18 Å². The number of hydrogen-bond donors (Lipinski definition) is 0. The first-order chi connectivity index (χ1) is 16.1. The molecule has 0 heterocycles. The van der Waals surface area contributed by atoms with E-state index in [9.17, 15) is 8.42 Å². The zero-order chi connectivity index (χ0) is 22.4. The summed E-state index contributed by atoms with van der Waals surface area (Å²) in [6.07, 6.45) is 0. The molecule has 6 aromatic carbocycles. The highest BCUT2D eigenvalue weighted by atomic mass is 32.2. The largest absolute Gasteiger partial charge is 0.379 e. The van der Waals surface area contributed by atoms with E-state index in [-0.39, 0.29) is 10.6 Å². The molecule has 0 saturated heterocycles. The molecule has 33 heavy (non-hydrogen) atoms. The highest BCUT2D eigenvalue weighted by Crippen LogP contribution is 2.38. The number of rotatable bonds is 5. The van der Waals surface area contributed by atoms with Gasteiger partial charge in [-0.05, 0) is 69.4 Å². The van der Waals surface area contributed by atoms with Crippen LogP contribution in [0.1, 0.15) is 0 Å². The van der Waals surface area contributed by atoms with Crippen LogP contribution in [0.2, 0.25) is 0 Å². The van der Waals surface area contributed by atoms with Gasteiger partial charge in [0.05, 0.1) is 0 Å². The molecule has 0 aliphatic carbocycles. The third-order valence-electron chi connectivity index (χ3n) is 5.77. The smallest absolute Gasteiger partial charge is 0.339 e. The molecule has 0 aliphatic heterocycles. The second kappa shape index (κ2) is 7.80. The first-order valence-electron chi connectivity index (χ1n) is 10.5. The second-order valence-corrected chi connectivity index (χ2v) is 10.5. The van der Waals surface area contributed by atoms with Gasteiger partial charge in [0.15, 0.2) is 0 Å². The Morgan fingerprint density at radius 1 is 0.545 bits per heavy atom. The zero-order valence-corrected chi connectivity index (χ0v) is 19.1. The molecule has 5 heteroatoms. The van der Waals surface area contributed by atoms with Crippen LogP contribution in [0.15, 0.2) is 124 Å². The van der Waals surface area contributed by atoms with Gasteiger partial charge < -0.3 is 4.18 Å². The summed E-state index contributed by atoms with van der Waals surface area (Å²) >= 11 is 1.61. The number of hydrogen-bond acceptors (Lipinski definition) is 4. The SMILES string of the molecule is O=S(=O)(Oc1ccc(Sc2ccccc2)cc1)c1ccc2ccc3cccc4ccc1c2c34. The molecule has 0 N–H and O–H groups in total. The quantitative estimate of drug-likeness (QED) is 0.195. The van der Waals surface area contributed by atoms with Crippen LogP contribution in [-0.4, -0.2) is 8.42 Å². The van der Waals surface area contributed by atoms with E-state index >= 15 is 0 Å². The molecule has 0 radical (unpaired) electrons. The lowest BCUT2D eigenvalue weighted by Gasteiger charge is -2.14. The molecule has 0 atom stereocenters. The molecule has 0 bridgehead atoms. The van der Waals surface area contributed by atoms with Crippen molar-refractivity contribution in [1.29, 1.82) is 0 Å². The Morgan fingerprint density at radius 2 is 1.15 bits per heavy atom. The molecular formula is C28H18O3S2. The molecule has 0 fully saturated rings. The van der Waals surface area contributed by atoms with Gasteiger partial charge in [0.2, 0.25) is 0 Å². The van der Waals surface area contributed by atoms with Crippen LogP contribution in [0.5, 0.6) is 5.75 Å². The van der Waals surface area contributed by atoms with Crippen LogP contribution in [0, 0.1) is 0 Å². The van der Waals surface area contributed by atoms with Crippen molar-refractivity contribution in [2.24, 2.45) is 0 Å². The minimum absolute atomic E-state index is 0.177. The van der Waals surface area contributed by atoms with Gasteiger partial charge >= 0.3 is 10.1 Å². The molecule has 160 valence electrons. The summed E-state index contributed by atoms with van der Waals surface area (Å²) in [6, 6.07) is 34.7. The fraction of sp³-hybridized carbons (Fsp3) is 0. The van der Waals surface area contributed by atoms with Crippen molar-refractivity contribution in [3.05, 3.63) is 109 Å². The van der Waals surface area contributed by atoms with Crippen LogP contribution in [-0.2, 0) is 10.1 Å². The lowest BCUT2D eigenvalue weighted by atomic mass is 9.94. The van der Waals surface area contributed by atoms with Crippen LogP contribution in [0.25, 0.3) is 32.3 Å². The minimum Gasteiger partial charge on any atom is -0.379 e. The van der Waals surface area contributed by atoms with E-state index in [0.29, 0.717) is 5.39 Å². The van der Waals surface area contributed by atoms with Crippen molar-refractivity contribution in [3.8, 4) is 5.75 Å². The third-order valence-corrected chi connectivity index (χ3v) is 8.09. The van der Waals surface area contributed by atoms with Crippen molar-refractivity contribution < 1.29 is 12.6 Å². The molecule has 0 spiro atoms. The van der Waals surface area contributed by atoms with E-state index in [0.717, 1.165) is 36.7 Å². The first-order valence-corrected chi connectivity index (χ1v) is 12.7. The fourth-order valence-electron chi connectivity index (χ4n) is 4.29. The maximum atomic E-state index is 13.3. The van der Waals surface area contributed by atoms with Gasteiger partial charge in [0, 0.05) is 15.2 Å². The molecule has 0 aromatic heterocycles. The summed E-state index contributed by atoms with van der Waals surface area (Å²) in [6.45, 7) is 0. The highest BCUT2D eigenvalue weighted by Gasteiger charge is 2.22. The maximum Gasteiger partial charge on any atom is 0.339 e. The van der Waals surface area contributed by atoms with E-state index in [1.807, 2.05) is 84.9 Å². The van der Waals surface area contributed by atoms with Gasteiger partial charge in [0.25, 0.3) is 0 Å². The van der Waals surface area contributed by atoms with Gasteiger partial charge in [-0.15, -0.1) is 0 Å². The fourth-order valence-corrected chi connectivity index (χ4v) is 6.25. The summed E-state index contributed by atoms with van der Waals surface area (Å²) in [7, 11) is -4.02. The molecule has 0 amide bonds. The standard InChI is InChI=1S/C28H18O3S2/c29-33(30,31-22-13-15-24(16-14-22)32-23-7-2-1-3-8-23)26-18-12-21-10-9-19-5-4-6-20-11-17-25(26)28(21)27(19)20/h1-18H. The molecule has 0 saturated carbocycles. The van der Waals surface area contributed by atoms with E-state index in [2.05, 4.69) is 6.07 Å². The molecule has 0 aliphatic rings. The molecule has 3 nitrogen and oxygen atoms in total. The summed E-state index contributed by atoms with van der Waals surface area (Å²) in [5, 5.41) is 5.89. The van der Waals surface area contributed by atoms with Gasteiger partial charge in [-0.1, -0.05) is 78.5 Å². The van der Waals surface area contributed by atoms with Gasteiger partial charge in [-0.3, -0.25) is 0 Å². The predicted molar refractivity (Wildman–Crippen MR) is 135 cm³/mol. The average Bonchev–Trinajstić information content (AvgIpc) is 2.84. The zero-order valence-electron chi connectivity index (χ0n) is 17.4. The Kier molecular flexibility index (Phi) is 4.75. The monoisotopic (exact) mass is 466 g/mol. The van der Waals surface area contributed by atoms with Crippen molar-refractivity contribution in [2.45, 2.75) is 14.7 Å². The summed E-state index contributed by atoms with van der Waals surface area (Å²) in [4.78, 5) is 2.30. The lowest BCUT2D eigenvalue weighted by molar-refractivity contribution is 0.487. The summed E-state index contributed by atoms with van der Waals surface area (Å²) in [5.74, 6) is 0.290. The molecule has 6 aromatic rings. The normalized spacial score (nSPS) is 12.0. The topological polar surface area (TPSA) is 43.4 Å². The Balaban J connectivity index is 1.37. The van der Waals surface area contributed by atoms with Crippen molar-refractivity contribution in [2.75, 3.05) is 0 Å². The minimum atomic E-state index is -4.02.